The number of likely N-dealkylation sites (N-methyl/N-ethyl adjacent to an activating group) is 1. The molecule has 0 radical (unpaired) electrons. The molecule has 1 fully saturated rings. The van der Waals surface area contributed by atoms with Gasteiger partial charge in [-0.15, -0.1) is 0 Å². The van der Waals surface area contributed by atoms with Gasteiger partial charge in [0.2, 0.25) is 5.91 Å². The molecule has 8 nitrogen and oxygen atoms in total. The lowest BCUT2D eigenvalue weighted by atomic mass is 10.0. The summed E-state index contributed by atoms with van der Waals surface area (Å²) in [7, 11) is 3.87. The highest BCUT2D eigenvalue weighted by Crippen LogP contribution is 2.35. The highest BCUT2D eigenvalue weighted by Gasteiger charge is 2.30. The molecule has 1 aliphatic heterocycles. The number of anilines is 3. The number of aromatic nitrogens is 2. The van der Waals surface area contributed by atoms with Crippen molar-refractivity contribution in [2.45, 2.75) is 39.4 Å². The number of aryl methyl sites for hydroxylation is 1. The maximum atomic E-state index is 13.8. The van der Waals surface area contributed by atoms with Crippen molar-refractivity contribution in [3.63, 3.8) is 0 Å². The first kappa shape index (κ1) is 26.5. The molecule has 3 aromatic rings. The average Bonchev–Trinajstić information content (AvgIpc) is 3.31. The number of hydrogen-bond acceptors (Lipinski definition) is 7. The second-order valence-corrected chi connectivity index (χ2v) is 9.92. The zero-order chi connectivity index (χ0) is 26.5. The molecular formula is C28H34FN5O3. The molecule has 2 N–H and O–H groups in total. The topological polar surface area (TPSA) is 88.6 Å². The smallest absolute Gasteiger partial charge is 0.248 e. The fourth-order valence-electron chi connectivity index (χ4n) is 4.14. The van der Waals surface area contributed by atoms with Gasteiger partial charge < -0.3 is 25.0 Å². The summed E-state index contributed by atoms with van der Waals surface area (Å²) >= 11 is 0. The molecule has 1 aromatic heterocycles. The predicted octanol–water partition coefficient (Wildman–Crippen LogP) is 5.07. The molecular weight excluding hydrogens is 473 g/mol. The Kier molecular flexibility index (Phi) is 8.35. The van der Waals surface area contributed by atoms with Gasteiger partial charge in [0.15, 0.2) is 0 Å². The zero-order valence-electron chi connectivity index (χ0n) is 21.9. The third-order valence-electron chi connectivity index (χ3n) is 6.18. The van der Waals surface area contributed by atoms with E-state index in [9.17, 15) is 9.18 Å². The highest BCUT2D eigenvalue weighted by molar-refractivity contribution is 6.03. The van der Waals surface area contributed by atoms with Crippen LogP contribution in [0.1, 0.15) is 25.8 Å². The quantitative estimate of drug-likeness (QED) is 0.391. The molecule has 1 amide bonds. The van der Waals surface area contributed by atoms with E-state index in [4.69, 9.17) is 9.47 Å². The first-order chi connectivity index (χ1) is 17.7. The van der Waals surface area contributed by atoms with E-state index in [0.717, 1.165) is 6.42 Å². The number of fused-ring (bicyclic) bond motifs is 1. The highest BCUT2D eigenvalue weighted by atomic mass is 19.1. The lowest BCUT2D eigenvalue weighted by Gasteiger charge is -2.18. The van der Waals surface area contributed by atoms with Crippen LogP contribution in [0.5, 0.6) is 5.75 Å². The van der Waals surface area contributed by atoms with E-state index < -0.39 is 0 Å². The molecule has 1 saturated heterocycles. The van der Waals surface area contributed by atoms with Crippen LogP contribution in [-0.4, -0.2) is 60.2 Å². The Bertz CT molecular complexity index is 1290. The van der Waals surface area contributed by atoms with Gasteiger partial charge in [-0.1, -0.05) is 19.9 Å². The zero-order valence-corrected chi connectivity index (χ0v) is 21.9. The second kappa shape index (κ2) is 11.7. The first-order valence-corrected chi connectivity index (χ1v) is 12.4. The van der Waals surface area contributed by atoms with Crippen molar-refractivity contribution in [2.75, 3.05) is 37.9 Å². The van der Waals surface area contributed by atoms with Gasteiger partial charge in [0, 0.05) is 36.2 Å². The van der Waals surface area contributed by atoms with E-state index >= 15 is 0 Å². The van der Waals surface area contributed by atoms with Gasteiger partial charge in [0.25, 0.3) is 0 Å². The van der Waals surface area contributed by atoms with E-state index in [2.05, 4.69) is 34.4 Å². The van der Waals surface area contributed by atoms with E-state index in [0.29, 0.717) is 58.5 Å². The van der Waals surface area contributed by atoms with Gasteiger partial charge in [-0.25, -0.2) is 14.4 Å². The number of amides is 1. The minimum Gasteiger partial charge on any atom is -0.486 e. The monoisotopic (exact) mass is 507 g/mol. The summed E-state index contributed by atoms with van der Waals surface area (Å²) in [6, 6.07) is 8.38. The van der Waals surface area contributed by atoms with Gasteiger partial charge in [-0.05, 0) is 56.8 Å². The van der Waals surface area contributed by atoms with Crippen LogP contribution in [0, 0.1) is 18.7 Å². The molecule has 2 atom stereocenters. The second-order valence-electron chi connectivity index (χ2n) is 9.92. The molecule has 37 heavy (non-hydrogen) atoms. The van der Waals surface area contributed by atoms with Crippen molar-refractivity contribution >= 4 is 34.0 Å². The Hall–Kier alpha value is -3.56. The lowest BCUT2D eigenvalue weighted by Crippen LogP contribution is -2.19. The maximum Gasteiger partial charge on any atom is 0.248 e. The maximum absolute atomic E-state index is 13.8. The fraction of sp³-hybridized carbons (Fsp3) is 0.393. The molecule has 196 valence electrons. The van der Waals surface area contributed by atoms with Crippen molar-refractivity contribution < 1.29 is 18.7 Å². The van der Waals surface area contributed by atoms with Crippen LogP contribution in [0.3, 0.4) is 0 Å². The van der Waals surface area contributed by atoms with Crippen LogP contribution in [0.15, 0.2) is 48.8 Å². The molecule has 2 aromatic carbocycles. The third kappa shape index (κ3) is 6.81. The number of ether oxygens (including phenoxy) is 2. The molecule has 1 aliphatic rings. The van der Waals surface area contributed by atoms with Gasteiger partial charge in [0.1, 0.15) is 29.8 Å². The van der Waals surface area contributed by atoms with E-state index in [1.54, 1.807) is 37.3 Å². The number of halogens is 1. The molecule has 9 heteroatoms. The number of nitrogens with one attached hydrogen (secondary N) is 2. The number of hydrogen-bond donors (Lipinski definition) is 2. The third-order valence-corrected chi connectivity index (χ3v) is 6.18. The van der Waals surface area contributed by atoms with Crippen LogP contribution >= 0.6 is 0 Å². The summed E-state index contributed by atoms with van der Waals surface area (Å²) < 4.78 is 26.0. The fourth-order valence-corrected chi connectivity index (χ4v) is 4.14. The lowest BCUT2D eigenvalue weighted by molar-refractivity contribution is -0.111. The summed E-state index contributed by atoms with van der Waals surface area (Å²) in [5.41, 5.74) is 2.37. The van der Waals surface area contributed by atoms with Gasteiger partial charge in [-0.3, -0.25) is 4.79 Å². The summed E-state index contributed by atoms with van der Waals surface area (Å²) in [5, 5.41) is 6.88. The molecule has 4 rings (SSSR count). The van der Waals surface area contributed by atoms with E-state index in [-0.39, 0.29) is 23.9 Å². The Morgan fingerprint density at radius 3 is 2.78 bits per heavy atom. The SMILES string of the molecule is Cc1cc(Nc2ncnc3cc(O[C@@H]4COC(C(C)C)C4)c(NC(=O)/C=C/CN(C)C)cc23)ccc1F. The van der Waals surface area contributed by atoms with E-state index in [1.165, 1.54) is 18.5 Å². The van der Waals surface area contributed by atoms with Crippen LogP contribution < -0.4 is 15.4 Å². The molecule has 0 saturated carbocycles. The molecule has 2 heterocycles. The minimum atomic E-state index is -0.275. The van der Waals surface area contributed by atoms with E-state index in [1.807, 2.05) is 19.0 Å². The van der Waals surface area contributed by atoms with Crippen LogP contribution in [-0.2, 0) is 9.53 Å². The molecule has 0 bridgehead atoms. The first-order valence-electron chi connectivity index (χ1n) is 12.4. The summed E-state index contributed by atoms with van der Waals surface area (Å²) in [4.78, 5) is 23.5. The molecule has 0 aliphatic carbocycles. The summed E-state index contributed by atoms with van der Waals surface area (Å²) in [5.74, 6) is 0.896. The van der Waals surface area contributed by atoms with Crippen molar-refractivity contribution in [3.8, 4) is 5.75 Å². The number of nitrogens with zero attached hydrogens (tertiary/aromatic N) is 3. The van der Waals surface area contributed by atoms with Crippen LogP contribution in [0.4, 0.5) is 21.6 Å². The summed E-state index contributed by atoms with van der Waals surface area (Å²) in [6.45, 7) is 7.09. The Labute approximate surface area is 216 Å². The Morgan fingerprint density at radius 2 is 2.08 bits per heavy atom. The van der Waals surface area contributed by atoms with Crippen LogP contribution in [0.25, 0.3) is 10.9 Å². The summed E-state index contributed by atoms with van der Waals surface area (Å²) in [6.07, 6.45) is 5.53. The van der Waals surface area contributed by atoms with Gasteiger partial charge >= 0.3 is 0 Å². The van der Waals surface area contributed by atoms with Gasteiger partial charge in [-0.2, -0.15) is 0 Å². The standard InChI is InChI=1S/C28H34FN5O3/c1-17(2)25-12-20(15-36-25)37-26-14-23-21(13-24(26)33-27(35)7-6-10-34(4)5)28(31-16-30-23)32-19-8-9-22(29)18(3)11-19/h6-9,11,13-14,16-17,20,25H,10,12,15H2,1-5H3,(H,33,35)(H,30,31,32)/b7-6+/t20-,25?/m0/s1. The Balaban J connectivity index is 1.67. The van der Waals surface area contributed by atoms with Crippen molar-refractivity contribution in [3.05, 3.63) is 60.2 Å². The number of rotatable bonds is 9. The largest absolute Gasteiger partial charge is 0.486 e. The normalized spacial score (nSPS) is 17.7. The van der Waals surface area contributed by atoms with Crippen molar-refractivity contribution in [2.24, 2.45) is 5.92 Å². The molecule has 0 spiro atoms. The van der Waals surface area contributed by atoms with Gasteiger partial charge in [0.05, 0.1) is 23.9 Å². The minimum absolute atomic E-state index is 0.133. The van der Waals surface area contributed by atoms with Crippen molar-refractivity contribution in [1.82, 2.24) is 14.9 Å². The Morgan fingerprint density at radius 1 is 1.27 bits per heavy atom. The predicted molar refractivity (Wildman–Crippen MR) is 144 cm³/mol. The van der Waals surface area contributed by atoms with Crippen molar-refractivity contribution in [1.29, 1.82) is 0 Å². The molecule has 1 unspecified atom stereocenters. The van der Waals surface area contributed by atoms with Crippen LogP contribution in [0.2, 0.25) is 0 Å². The number of benzene rings is 2. The number of carbonyl (C=O) groups is 1. The number of carbonyl (C=O) groups excluding carboxylic acids is 1. The average molecular weight is 508 g/mol.